The van der Waals surface area contributed by atoms with Crippen LogP contribution in [0.1, 0.15) is 34.8 Å². The summed E-state index contributed by atoms with van der Waals surface area (Å²) in [6, 6.07) is 9.72. The highest BCUT2D eigenvalue weighted by Gasteiger charge is 2.29. The molecule has 0 spiro atoms. The topological polar surface area (TPSA) is 59.4 Å². The van der Waals surface area contributed by atoms with Crippen molar-refractivity contribution in [3.05, 3.63) is 51.5 Å². The van der Waals surface area contributed by atoms with E-state index in [2.05, 4.69) is 29.2 Å². The van der Waals surface area contributed by atoms with E-state index < -0.39 is 0 Å². The summed E-state index contributed by atoms with van der Waals surface area (Å²) < 4.78 is 7.41. The number of nitrogens with zero attached hydrogens (tertiary/aromatic N) is 3. The van der Waals surface area contributed by atoms with Crippen LogP contribution >= 0.6 is 22.9 Å². The zero-order valence-corrected chi connectivity index (χ0v) is 19.1. The van der Waals surface area contributed by atoms with Crippen molar-refractivity contribution in [1.29, 1.82) is 0 Å². The summed E-state index contributed by atoms with van der Waals surface area (Å²) in [6.07, 6.45) is 0. The number of aromatic nitrogens is 2. The third-order valence-corrected chi connectivity index (χ3v) is 7.02. The van der Waals surface area contributed by atoms with Crippen molar-refractivity contribution in [3.63, 3.8) is 0 Å². The molecule has 4 rings (SSSR count). The number of rotatable bonds is 6. The van der Waals surface area contributed by atoms with Gasteiger partial charge in [0.05, 0.1) is 30.3 Å². The Morgan fingerprint density at radius 3 is 2.67 bits per heavy atom. The van der Waals surface area contributed by atoms with Gasteiger partial charge in [0.1, 0.15) is 4.83 Å². The molecular formula is C22H27ClN4O2S. The molecule has 1 fully saturated rings. The number of thiophene rings is 1. The Labute approximate surface area is 185 Å². The highest BCUT2D eigenvalue weighted by molar-refractivity contribution is 7.20. The molecule has 0 radical (unpaired) electrons. The number of halogens is 1. The molecule has 3 aromatic rings. The van der Waals surface area contributed by atoms with Gasteiger partial charge in [-0.3, -0.25) is 14.4 Å². The zero-order valence-electron chi connectivity index (χ0n) is 17.6. The van der Waals surface area contributed by atoms with Crippen LogP contribution in [-0.2, 0) is 11.3 Å². The minimum absolute atomic E-state index is 0.0324. The van der Waals surface area contributed by atoms with Crippen molar-refractivity contribution in [2.75, 3.05) is 32.8 Å². The Balaban J connectivity index is 1.47. The van der Waals surface area contributed by atoms with Gasteiger partial charge in [-0.05, 0) is 44.5 Å². The van der Waals surface area contributed by atoms with Gasteiger partial charge in [0.15, 0.2) is 0 Å². The SMILES string of the molecule is Cc1nn(Cc2ccc(Cl)cc2)c2sc(C(=O)NCC(C)(C)N3CCOCC3)cc12. The summed E-state index contributed by atoms with van der Waals surface area (Å²) in [5, 5.41) is 9.54. The van der Waals surface area contributed by atoms with Crippen LogP contribution in [0.25, 0.3) is 10.2 Å². The number of amides is 1. The van der Waals surface area contributed by atoms with Gasteiger partial charge < -0.3 is 10.1 Å². The first-order chi connectivity index (χ1) is 14.3. The first kappa shape index (κ1) is 21.3. The first-order valence-electron chi connectivity index (χ1n) is 10.2. The second-order valence-corrected chi connectivity index (χ2v) is 9.76. The summed E-state index contributed by atoms with van der Waals surface area (Å²) in [5.74, 6) is -0.0324. The average molecular weight is 447 g/mol. The van der Waals surface area contributed by atoms with E-state index in [9.17, 15) is 4.79 Å². The molecule has 0 saturated carbocycles. The maximum atomic E-state index is 12.9. The predicted octanol–water partition coefficient (Wildman–Crippen LogP) is 3.95. The van der Waals surface area contributed by atoms with Crippen molar-refractivity contribution in [2.45, 2.75) is 32.9 Å². The van der Waals surface area contributed by atoms with Crippen molar-refractivity contribution >= 4 is 39.1 Å². The molecule has 1 aromatic carbocycles. The Morgan fingerprint density at radius 1 is 1.27 bits per heavy atom. The fourth-order valence-electron chi connectivity index (χ4n) is 3.76. The van der Waals surface area contributed by atoms with Crippen LogP contribution in [-0.4, -0.2) is 59.0 Å². The second-order valence-electron chi connectivity index (χ2n) is 8.29. The van der Waals surface area contributed by atoms with E-state index in [1.165, 1.54) is 11.3 Å². The number of carbonyl (C=O) groups is 1. The number of benzene rings is 1. The molecule has 0 unspecified atom stereocenters. The van der Waals surface area contributed by atoms with Gasteiger partial charge in [0.2, 0.25) is 0 Å². The molecule has 0 aliphatic carbocycles. The van der Waals surface area contributed by atoms with E-state index in [4.69, 9.17) is 16.3 Å². The van der Waals surface area contributed by atoms with Gasteiger partial charge in [-0.15, -0.1) is 11.3 Å². The second kappa shape index (κ2) is 8.67. The summed E-state index contributed by atoms with van der Waals surface area (Å²) in [7, 11) is 0. The minimum Gasteiger partial charge on any atom is -0.379 e. The third-order valence-electron chi connectivity index (χ3n) is 5.63. The third kappa shape index (κ3) is 4.54. The molecule has 1 aliphatic heterocycles. The molecule has 1 saturated heterocycles. The van der Waals surface area contributed by atoms with Gasteiger partial charge in [-0.2, -0.15) is 5.10 Å². The number of carbonyl (C=O) groups excluding carboxylic acids is 1. The lowest BCUT2D eigenvalue weighted by atomic mass is 10.0. The van der Waals surface area contributed by atoms with Crippen LogP contribution in [0, 0.1) is 6.92 Å². The smallest absolute Gasteiger partial charge is 0.261 e. The van der Waals surface area contributed by atoms with E-state index in [0.717, 1.165) is 52.8 Å². The fourth-order valence-corrected chi connectivity index (χ4v) is 4.96. The minimum atomic E-state index is -0.114. The first-order valence-corrected chi connectivity index (χ1v) is 11.4. The molecule has 160 valence electrons. The standard InChI is InChI=1S/C22H27ClN4O2S/c1-15-18-12-19(20(28)24-14-22(2,3)26-8-10-29-11-9-26)30-21(18)27(25-15)13-16-4-6-17(23)7-5-16/h4-7,12H,8-11,13-14H2,1-3H3,(H,24,28). The molecule has 30 heavy (non-hydrogen) atoms. The van der Waals surface area contributed by atoms with Crippen LogP contribution in [0.4, 0.5) is 0 Å². The number of hydrogen-bond donors (Lipinski definition) is 1. The van der Waals surface area contributed by atoms with Gasteiger partial charge in [0.25, 0.3) is 5.91 Å². The number of aryl methyl sites for hydroxylation is 1. The van der Waals surface area contributed by atoms with Gasteiger partial charge in [-0.1, -0.05) is 23.7 Å². The molecule has 1 amide bonds. The molecule has 1 N–H and O–H groups in total. The number of hydrogen-bond acceptors (Lipinski definition) is 5. The number of fused-ring (bicyclic) bond motifs is 1. The Bertz CT molecular complexity index is 1040. The zero-order chi connectivity index (χ0) is 21.3. The Hall–Kier alpha value is -1.93. The molecule has 6 nitrogen and oxygen atoms in total. The van der Waals surface area contributed by atoms with E-state index in [1.54, 1.807) is 0 Å². The van der Waals surface area contributed by atoms with Crippen LogP contribution in [0.3, 0.4) is 0 Å². The van der Waals surface area contributed by atoms with Crippen molar-refractivity contribution in [2.24, 2.45) is 0 Å². The van der Waals surface area contributed by atoms with Crippen molar-refractivity contribution in [1.82, 2.24) is 20.0 Å². The van der Waals surface area contributed by atoms with Gasteiger partial charge in [-0.25, -0.2) is 0 Å². The van der Waals surface area contributed by atoms with Gasteiger partial charge >= 0.3 is 0 Å². The number of morpholine rings is 1. The maximum absolute atomic E-state index is 12.9. The van der Waals surface area contributed by atoms with Crippen LogP contribution in [0.5, 0.6) is 0 Å². The normalized spacial score (nSPS) is 15.6. The Kier molecular flexibility index (Phi) is 6.16. The summed E-state index contributed by atoms with van der Waals surface area (Å²) in [5.41, 5.74) is 1.94. The van der Waals surface area contributed by atoms with Crippen LogP contribution < -0.4 is 5.32 Å². The summed E-state index contributed by atoms with van der Waals surface area (Å²) >= 11 is 7.48. The molecular weight excluding hydrogens is 420 g/mol. The molecule has 0 atom stereocenters. The largest absolute Gasteiger partial charge is 0.379 e. The van der Waals surface area contributed by atoms with E-state index in [0.29, 0.717) is 18.0 Å². The molecule has 8 heteroatoms. The Morgan fingerprint density at radius 2 is 1.97 bits per heavy atom. The number of nitrogens with one attached hydrogen (secondary N) is 1. The summed E-state index contributed by atoms with van der Waals surface area (Å²) in [6.45, 7) is 10.8. The van der Waals surface area contributed by atoms with E-state index in [-0.39, 0.29) is 11.4 Å². The predicted molar refractivity (Wildman–Crippen MR) is 122 cm³/mol. The lowest BCUT2D eigenvalue weighted by Gasteiger charge is -2.40. The summed E-state index contributed by atoms with van der Waals surface area (Å²) in [4.78, 5) is 17.0. The average Bonchev–Trinajstić information content (AvgIpc) is 3.30. The van der Waals surface area contributed by atoms with Crippen molar-refractivity contribution < 1.29 is 9.53 Å². The lowest BCUT2D eigenvalue weighted by molar-refractivity contribution is -0.00922. The lowest BCUT2D eigenvalue weighted by Crippen LogP contribution is -2.55. The van der Waals surface area contributed by atoms with Crippen molar-refractivity contribution in [3.8, 4) is 0 Å². The highest BCUT2D eigenvalue weighted by atomic mass is 35.5. The monoisotopic (exact) mass is 446 g/mol. The van der Waals surface area contributed by atoms with E-state index in [1.807, 2.05) is 41.9 Å². The molecule has 0 bridgehead atoms. The van der Waals surface area contributed by atoms with Crippen LogP contribution in [0.15, 0.2) is 30.3 Å². The molecule has 3 heterocycles. The molecule has 1 aliphatic rings. The maximum Gasteiger partial charge on any atom is 0.261 e. The highest BCUT2D eigenvalue weighted by Crippen LogP contribution is 2.29. The quantitative estimate of drug-likeness (QED) is 0.622. The number of ether oxygens (including phenoxy) is 1. The van der Waals surface area contributed by atoms with Gasteiger partial charge in [0, 0.05) is 35.6 Å². The van der Waals surface area contributed by atoms with E-state index >= 15 is 0 Å². The fraction of sp³-hybridized carbons (Fsp3) is 0.455. The molecule has 2 aromatic heterocycles. The van der Waals surface area contributed by atoms with Crippen LogP contribution in [0.2, 0.25) is 5.02 Å².